The maximum Gasteiger partial charge on any atom is 0.242 e. The van der Waals surface area contributed by atoms with Crippen molar-refractivity contribution in [1.29, 1.82) is 0 Å². The van der Waals surface area contributed by atoms with Crippen LogP contribution in [0.15, 0.2) is 53.4 Å². The molecule has 0 fully saturated rings. The first-order valence-corrected chi connectivity index (χ1v) is 7.98. The number of benzene rings is 2. The van der Waals surface area contributed by atoms with Gasteiger partial charge in [-0.1, -0.05) is 43.3 Å². The van der Waals surface area contributed by atoms with Crippen molar-refractivity contribution in [3.05, 3.63) is 59.9 Å². The zero-order valence-corrected chi connectivity index (χ0v) is 12.4. The number of sulfonamides is 1. The summed E-state index contributed by atoms with van der Waals surface area (Å²) < 4.78 is 40.2. The Labute approximate surface area is 123 Å². The van der Waals surface area contributed by atoms with Gasteiger partial charge in [0.25, 0.3) is 0 Å². The molecule has 2 aromatic rings. The number of nitrogens with two attached hydrogens (primary N) is 1. The minimum Gasteiger partial charge on any atom is -0.395 e. The molecule has 21 heavy (non-hydrogen) atoms. The lowest BCUT2D eigenvalue weighted by atomic mass is 10.0. The predicted octanol–water partition coefficient (Wildman–Crippen LogP) is 2.49. The highest BCUT2D eigenvalue weighted by molar-refractivity contribution is 7.89. The van der Waals surface area contributed by atoms with Gasteiger partial charge >= 0.3 is 0 Å². The monoisotopic (exact) mass is 308 g/mol. The van der Waals surface area contributed by atoms with E-state index in [2.05, 4.69) is 4.72 Å². The first-order chi connectivity index (χ1) is 9.92. The highest BCUT2D eigenvalue weighted by atomic mass is 32.2. The van der Waals surface area contributed by atoms with Crippen molar-refractivity contribution in [2.24, 2.45) is 0 Å². The summed E-state index contributed by atoms with van der Waals surface area (Å²) >= 11 is 0. The molecule has 3 N–H and O–H groups in total. The van der Waals surface area contributed by atoms with Gasteiger partial charge in [-0.2, -0.15) is 0 Å². The van der Waals surface area contributed by atoms with Crippen molar-refractivity contribution in [2.45, 2.75) is 17.7 Å². The second kappa shape index (κ2) is 6.24. The van der Waals surface area contributed by atoms with Crippen molar-refractivity contribution in [3.8, 4) is 0 Å². The Bertz CT molecular complexity index is 718. The van der Waals surface area contributed by atoms with Gasteiger partial charge in [0.1, 0.15) is 10.7 Å². The molecule has 0 radical (unpaired) electrons. The van der Waals surface area contributed by atoms with Crippen molar-refractivity contribution >= 4 is 15.7 Å². The van der Waals surface area contributed by atoms with Crippen LogP contribution < -0.4 is 10.5 Å². The van der Waals surface area contributed by atoms with E-state index in [4.69, 9.17) is 5.73 Å². The van der Waals surface area contributed by atoms with E-state index in [0.29, 0.717) is 0 Å². The Balaban J connectivity index is 2.14. The predicted molar refractivity (Wildman–Crippen MR) is 80.9 cm³/mol. The van der Waals surface area contributed by atoms with E-state index < -0.39 is 15.8 Å². The van der Waals surface area contributed by atoms with Gasteiger partial charge in [-0.15, -0.1) is 0 Å². The molecule has 0 amide bonds. The summed E-state index contributed by atoms with van der Waals surface area (Å²) in [5.74, 6) is -0.746. The number of nitrogen functional groups attached to an aromatic ring is 1. The van der Waals surface area contributed by atoms with Gasteiger partial charge in [0, 0.05) is 6.54 Å². The van der Waals surface area contributed by atoms with Crippen LogP contribution in [0.5, 0.6) is 0 Å². The van der Waals surface area contributed by atoms with E-state index in [1.165, 1.54) is 12.1 Å². The third-order valence-electron chi connectivity index (χ3n) is 3.25. The molecule has 0 aromatic heterocycles. The minimum absolute atomic E-state index is 0.00393. The maximum absolute atomic E-state index is 13.4. The maximum atomic E-state index is 13.4. The Kier molecular flexibility index (Phi) is 4.59. The molecule has 0 bridgehead atoms. The van der Waals surface area contributed by atoms with Gasteiger partial charge in [-0.25, -0.2) is 17.5 Å². The molecule has 0 saturated heterocycles. The van der Waals surface area contributed by atoms with E-state index in [1.807, 2.05) is 37.3 Å². The molecule has 0 saturated carbocycles. The van der Waals surface area contributed by atoms with Crippen LogP contribution in [0.2, 0.25) is 0 Å². The van der Waals surface area contributed by atoms with Crippen LogP contribution in [-0.2, 0) is 10.0 Å². The van der Waals surface area contributed by atoms with Crippen LogP contribution >= 0.6 is 0 Å². The van der Waals surface area contributed by atoms with Crippen LogP contribution in [0, 0.1) is 5.82 Å². The summed E-state index contributed by atoms with van der Waals surface area (Å²) in [6, 6.07) is 13.3. The standard InChI is InChI=1S/C15H17FN2O2S/c1-11(12-6-3-2-4-7-12)10-18-21(19,20)14-9-5-8-13(16)15(14)17/h2-9,11,18H,10,17H2,1H3. The summed E-state index contributed by atoms with van der Waals surface area (Å²) in [5, 5.41) is 0. The number of anilines is 1. The highest BCUT2D eigenvalue weighted by Gasteiger charge is 2.20. The number of hydrogen-bond donors (Lipinski definition) is 2. The molecule has 0 aliphatic heterocycles. The second-order valence-corrected chi connectivity index (χ2v) is 6.55. The molecular formula is C15H17FN2O2S. The quantitative estimate of drug-likeness (QED) is 0.834. The smallest absolute Gasteiger partial charge is 0.242 e. The lowest BCUT2D eigenvalue weighted by Crippen LogP contribution is -2.28. The summed E-state index contributed by atoms with van der Waals surface area (Å²) in [5.41, 5.74) is 6.15. The SMILES string of the molecule is CC(CNS(=O)(=O)c1cccc(F)c1N)c1ccccc1. The molecule has 0 spiro atoms. The van der Waals surface area contributed by atoms with Gasteiger partial charge in [-0.05, 0) is 23.6 Å². The van der Waals surface area contributed by atoms with Crippen LogP contribution in [0.25, 0.3) is 0 Å². The molecule has 1 atom stereocenters. The molecule has 112 valence electrons. The van der Waals surface area contributed by atoms with E-state index >= 15 is 0 Å². The van der Waals surface area contributed by atoms with Gasteiger partial charge in [-0.3, -0.25) is 0 Å². The summed E-state index contributed by atoms with van der Waals surface area (Å²) in [7, 11) is -3.83. The fourth-order valence-corrected chi connectivity index (χ4v) is 3.23. The van der Waals surface area contributed by atoms with Crippen molar-refractivity contribution in [2.75, 3.05) is 12.3 Å². The van der Waals surface area contributed by atoms with Gasteiger partial charge in [0.15, 0.2) is 0 Å². The number of para-hydroxylation sites is 1. The molecular weight excluding hydrogens is 291 g/mol. The molecule has 4 nitrogen and oxygen atoms in total. The lowest BCUT2D eigenvalue weighted by Gasteiger charge is -2.14. The number of nitrogens with one attached hydrogen (secondary N) is 1. The topological polar surface area (TPSA) is 72.2 Å². The first-order valence-electron chi connectivity index (χ1n) is 6.50. The molecule has 0 aliphatic carbocycles. The normalized spacial score (nSPS) is 13.0. The van der Waals surface area contributed by atoms with E-state index in [9.17, 15) is 12.8 Å². The van der Waals surface area contributed by atoms with Gasteiger partial charge in [0.2, 0.25) is 10.0 Å². The lowest BCUT2D eigenvalue weighted by molar-refractivity contribution is 0.573. The average molecular weight is 308 g/mol. The Morgan fingerprint density at radius 2 is 1.81 bits per heavy atom. The molecule has 0 aliphatic rings. The molecule has 1 unspecified atom stereocenters. The summed E-state index contributed by atoms with van der Waals surface area (Å²) in [4.78, 5) is -0.234. The van der Waals surface area contributed by atoms with Crippen molar-refractivity contribution in [1.82, 2.24) is 4.72 Å². The third-order valence-corrected chi connectivity index (χ3v) is 4.73. The second-order valence-electron chi connectivity index (χ2n) is 4.82. The minimum atomic E-state index is -3.83. The highest BCUT2D eigenvalue weighted by Crippen LogP contribution is 2.21. The molecule has 0 heterocycles. The van der Waals surface area contributed by atoms with Crippen LogP contribution in [0.4, 0.5) is 10.1 Å². The van der Waals surface area contributed by atoms with Gasteiger partial charge in [0.05, 0.1) is 5.69 Å². The number of rotatable bonds is 5. The first kappa shape index (κ1) is 15.5. The third kappa shape index (κ3) is 3.59. The summed E-state index contributed by atoms with van der Waals surface area (Å²) in [6.07, 6.45) is 0. The largest absolute Gasteiger partial charge is 0.395 e. The van der Waals surface area contributed by atoms with Crippen molar-refractivity contribution in [3.63, 3.8) is 0 Å². The van der Waals surface area contributed by atoms with Crippen LogP contribution in [-0.4, -0.2) is 15.0 Å². The summed E-state index contributed by atoms with van der Waals surface area (Å²) in [6.45, 7) is 2.12. The van der Waals surface area contributed by atoms with E-state index in [0.717, 1.165) is 11.6 Å². The van der Waals surface area contributed by atoms with E-state index in [1.54, 1.807) is 0 Å². The van der Waals surface area contributed by atoms with Crippen molar-refractivity contribution < 1.29 is 12.8 Å². The fourth-order valence-electron chi connectivity index (χ4n) is 1.96. The Hall–Kier alpha value is -1.92. The molecule has 2 rings (SSSR count). The van der Waals surface area contributed by atoms with Gasteiger partial charge < -0.3 is 5.73 Å². The molecule has 6 heteroatoms. The van der Waals surface area contributed by atoms with Crippen LogP contribution in [0.1, 0.15) is 18.4 Å². The molecule has 2 aromatic carbocycles. The zero-order valence-electron chi connectivity index (χ0n) is 11.6. The fraction of sp³-hybridized carbons (Fsp3) is 0.200. The Morgan fingerprint density at radius 3 is 2.48 bits per heavy atom. The number of halogens is 1. The zero-order chi connectivity index (χ0) is 15.5. The Morgan fingerprint density at radius 1 is 1.14 bits per heavy atom. The van der Waals surface area contributed by atoms with Crippen LogP contribution in [0.3, 0.4) is 0 Å². The average Bonchev–Trinajstić information content (AvgIpc) is 2.48. The number of hydrogen-bond acceptors (Lipinski definition) is 3. The van der Waals surface area contributed by atoms with E-state index in [-0.39, 0.29) is 23.0 Å².